The predicted octanol–water partition coefficient (Wildman–Crippen LogP) is 10.9. The van der Waals surface area contributed by atoms with E-state index in [4.69, 9.17) is 16.7 Å². The first-order valence-electron chi connectivity index (χ1n) is 19.3. The Morgan fingerprint density at radius 1 is 0.277 bits per heavy atom. The van der Waals surface area contributed by atoms with Crippen molar-refractivity contribution in [2.24, 2.45) is 0 Å². The van der Waals surface area contributed by atoms with E-state index in [0.29, 0.717) is 0 Å². The van der Waals surface area contributed by atoms with E-state index in [0.717, 1.165) is 83.5 Å². The fraction of sp³-hybridized carbons (Fsp3) is 1.00. The molecule has 0 aliphatic rings. The van der Waals surface area contributed by atoms with E-state index in [1.807, 2.05) is 0 Å². The van der Waals surface area contributed by atoms with Gasteiger partial charge in [-0.25, -0.2) is 16.7 Å². The molecule has 0 atom stereocenters. The van der Waals surface area contributed by atoms with Gasteiger partial charge in [-0.05, 0) is 25.7 Å². The Morgan fingerprint density at radius 3 is 0.617 bits per heavy atom. The van der Waals surface area contributed by atoms with Crippen molar-refractivity contribution in [3.63, 3.8) is 0 Å². The van der Waals surface area contributed by atoms with Crippen LogP contribution in [0.4, 0.5) is 0 Å². The van der Waals surface area contributed by atoms with Gasteiger partial charge >= 0.3 is 50.4 Å². The molecule has 0 bridgehead atoms. The molecule has 0 radical (unpaired) electrons. The van der Waals surface area contributed by atoms with E-state index in [9.17, 15) is 16.8 Å². The summed E-state index contributed by atoms with van der Waals surface area (Å²) >= 11 is 0. The molecule has 0 saturated heterocycles. The van der Waals surface area contributed by atoms with Crippen LogP contribution < -0.4 is 0 Å². The van der Waals surface area contributed by atoms with Crippen LogP contribution in [0.3, 0.4) is 0 Å². The molecular formula is C36H77NaO8S2. The zero-order chi connectivity index (χ0) is 34.5. The first-order valence-corrected chi connectivity index (χ1v) is 22.0. The van der Waals surface area contributed by atoms with E-state index in [1.165, 1.54) is 96.3 Å². The Morgan fingerprint density at radius 2 is 0.426 bits per heavy atom. The first-order chi connectivity index (χ1) is 22.2. The molecular weight excluding hydrogens is 648 g/mol. The monoisotopic (exact) mass is 724 g/mol. The molecule has 0 amide bonds. The zero-order valence-corrected chi connectivity index (χ0v) is 32.3. The first kappa shape index (κ1) is 52.1. The average Bonchev–Trinajstić information content (AvgIpc) is 3.02. The van der Waals surface area contributed by atoms with Crippen LogP contribution in [0.5, 0.6) is 0 Å². The van der Waals surface area contributed by atoms with Crippen molar-refractivity contribution in [3.8, 4) is 0 Å². The summed E-state index contributed by atoms with van der Waals surface area (Å²) in [6.45, 7) is 9.71. The van der Waals surface area contributed by atoms with Crippen LogP contribution in [0.1, 0.15) is 207 Å². The number of unbranched alkanes of at least 4 members (excludes halogenated alkanes) is 24. The van der Waals surface area contributed by atoms with Gasteiger partial charge in [0.25, 0.3) is 0 Å². The SMILES string of the molecule is CCCCCCCCCCCCOS(=O)(=O)OCCCCCC.CCCCCCCCCCOS(=O)(=O)OCCCCCCCC.[NaH]. The fourth-order valence-corrected chi connectivity index (χ4v) is 6.37. The molecule has 0 aromatic carbocycles. The Hall–Kier alpha value is 0.740. The van der Waals surface area contributed by atoms with Crippen molar-refractivity contribution in [1.29, 1.82) is 0 Å². The zero-order valence-electron chi connectivity index (χ0n) is 30.7. The second kappa shape index (κ2) is 41.2. The summed E-state index contributed by atoms with van der Waals surface area (Å²) in [6, 6.07) is 0. The normalized spacial score (nSPS) is 11.7. The fourth-order valence-electron chi connectivity index (χ4n) is 4.95. The van der Waals surface area contributed by atoms with Crippen molar-refractivity contribution in [1.82, 2.24) is 0 Å². The van der Waals surface area contributed by atoms with E-state index in [1.54, 1.807) is 0 Å². The van der Waals surface area contributed by atoms with E-state index in [-0.39, 0.29) is 56.0 Å². The molecule has 0 aliphatic heterocycles. The topological polar surface area (TPSA) is 105 Å². The summed E-state index contributed by atoms with van der Waals surface area (Å²) in [5.74, 6) is 0. The maximum atomic E-state index is 11.5. The van der Waals surface area contributed by atoms with Crippen molar-refractivity contribution in [2.45, 2.75) is 207 Å². The third-order valence-electron chi connectivity index (χ3n) is 7.90. The summed E-state index contributed by atoms with van der Waals surface area (Å²) in [4.78, 5) is 0. The third kappa shape index (κ3) is 46.7. The molecule has 11 heteroatoms. The molecule has 0 rings (SSSR count). The molecule has 8 nitrogen and oxygen atoms in total. The predicted molar refractivity (Wildman–Crippen MR) is 201 cm³/mol. The summed E-state index contributed by atoms with van der Waals surface area (Å²) in [7, 11) is -7.56. The van der Waals surface area contributed by atoms with Crippen LogP contribution >= 0.6 is 0 Å². The van der Waals surface area contributed by atoms with E-state index >= 15 is 0 Å². The quantitative estimate of drug-likeness (QED) is 0.0464. The standard InChI is InChI=1S/2C18H38O4S.Na.H/c1-3-5-7-9-10-11-12-13-14-16-18-22-23(19,20)21-17-15-8-6-4-2;1-3-5-7-9-11-12-14-16-18-22-23(19,20)21-17-15-13-10-8-6-4-2;;/h2*3-18H2,1-2H3;;. The minimum atomic E-state index is -3.78. The molecule has 0 N–H and O–H groups in total. The van der Waals surface area contributed by atoms with Crippen LogP contribution in [0.15, 0.2) is 0 Å². The molecule has 282 valence electrons. The second-order valence-electron chi connectivity index (χ2n) is 12.6. The Bertz CT molecular complexity index is 795. The van der Waals surface area contributed by atoms with Crippen molar-refractivity contribution < 1.29 is 33.6 Å². The van der Waals surface area contributed by atoms with Gasteiger partial charge in [0.15, 0.2) is 0 Å². The molecule has 0 spiro atoms. The molecule has 0 aromatic rings. The van der Waals surface area contributed by atoms with Gasteiger partial charge in [0.1, 0.15) is 0 Å². The summed E-state index contributed by atoms with van der Waals surface area (Å²) in [6.07, 6.45) is 32.3. The Kier molecular flexibility index (Phi) is 45.6. The third-order valence-corrected chi connectivity index (χ3v) is 9.72. The van der Waals surface area contributed by atoms with Gasteiger partial charge in [0.05, 0.1) is 26.4 Å². The van der Waals surface area contributed by atoms with Crippen LogP contribution in [-0.2, 0) is 37.5 Å². The van der Waals surface area contributed by atoms with Crippen LogP contribution in [0.25, 0.3) is 0 Å². The van der Waals surface area contributed by atoms with E-state index < -0.39 is 20.8 Å². The van der Waals surface area contributed by atoms with E-state index in [2.05, 4.69) is 27.7 Å². The maximum absolute atomic E-state index is 11.5. The Balaban J connectivity index is -0.000000807. The second-order valence-corrected chi connectivity index (χ2v) is 15.2. The van der Waals surface area contributed by atoms with Crippen molar-refractivity contribution >= 4 is 50.4 Å². The van der Waals surface area contributed by atoms with Gasteiger partial charge in [-0.15, -0.1) is 0 Å². The van der Waals surface area contributed by atoms with Crippen LogP contribution in [0.2, 0.25) is 0 Å². The van der Waals surface area contributed by atoms with Gasteiger partial charge in [0.2, 0.25) is 0 Å². The minimum absolute atomic E-state index is 0. The van der Waals surface area contributed by atoms with Crippen LogP contribution in [0, 0.1) is 0 Å². The number of rotatable bonds is 36. The summed E-state index contributed by atoms with van der Waals surface area (Å²) in [5, 5.41) is 0. The molecule has 0 heterocycles. The molecule has 0 aliphatic carbocycles. The number of hydrogen-bond acceptors (Lipinski definition) is 8. The molecule has 0 fully saturated rings. The van der Waals surface area contributed by atoms with Crippen molar-refractivity contribution in [2.75, 3.05) is 26.4 Å². The molecule has 47 heavy (non-hydrogen) atoms. The number of hydrogen-bond donors (Lipinski definition) is 0. The van der Waals surface area contributed by atoms with Crippen molar-refractivity contribution in [3.05, 3.63) is 0 Å². The van der Waals surface area contributed by atoms with Gasteiger partial charge in [-0.2, -0.15) is 16.8 Å². The molecule has 0 unspecified atom stereocenters. The van der Waals surface area contributed by atoms with Crippen LogP contribution in [-0.4, -0.2) is 72.8 Å². The van der Waals surface area contributed by atoms with Gasteiger partial charge in [-0.3, -0.25) is 0 Å². The average molecular weight is 725 g/mol. The summed E-state index contributed by atoms with van der Waals surface area (Å²) < 4.78 is 65.4. The summed E-state index contributed by atoms with van der Waals surface area (Å²) in [5.41, 5.74) is 0. The molecule has 0 saturated carbocycles. The molecule has 0 aromatic heterocycles. The Labute approximate surface area is 315 Å². The van der Waals surface area contributed by atoms with Gasteiger partial charge in [-0.1, -0.05) is 182 Å². The van der Waals surface area contributed by atoms with Gasteiger partial charge in [0, 0.05) is 0 Å². The van der Waals surface area contributed by atoms with Gasteiger partial charge < -0.3 is 0 Å².